The molecule has 1 aliphatic carbocycles. The molecule has 1 fully saturated rings. The van der Waals surface area contributed by atoms with Gasteiger partial charge in [0.1, 0.15) is 11.9 Å². The molecule has 5 nitrogen and oxygen atoms in total. The Hall–Kier alpha value is -3.18. The minimum absolute atomic E-state index is 0.162. The van der Waals surface area contributed by atoms with Gasteiger partial charge in [0.05, 0.1) is 5.69 Å². The quantitative estimate of drug-likeness (QED) is 0.738. The predicted molar refractivity (Wildman–Crippen MR) is 111 cm³/mol. The van der Waals surface area contributed by atoms with Crippen molar-refractivity contribution in [2.24, 2.45) is 5.73 Å². The Morgan fingerprint density at radius 1 is 1.11 bits per heavy atom. The maximum atomic E-state index is 6.48. The van der Waals surface area contributed by atoms with Crippen molar-refractivity contribution in [2.45, 2.75) is 24.8 Å². The zero-order valence-electron chi connectivity index (χ0n) is 15.8. The highest BCUT2D eigenvalue weighted by molar-refractivity contribution is 5.85. The van der Waals surface area contributed by atoms with Gasteiger partial charge in [0.15, 0.2) is 0 Å². The first-order valence-electron chi connectivity index (χ1n) is 9.55. The largest absolute Gasteiger partial charge is 0.443 e. The number of aromatic nitrogens is 2. The van der Waals surface area contributed by atoms with Crippen LogP contribution in [-0.2, 0) is 5.54 Å². The maximum absolute atomic E-state index is 6.48. The molecule has 28 heavy (non-hydrogen) atoms. The van der Waals surface area contributed by atoms with Crippen molar-refractivity contribution >= 4 is 5.69 Å². The molecule has 3 heterocycles. The molecule has 0 amide bonds. The molecular weight excluding hydrogens is 348 g/mol. The summed E-state index contributed by atoms with van der Waals surface area (Å²) in [4.78, 5) is 11.2. The summed E-state index contributed by atoms with van der Waals surface area (Å²) in [5.74, 6) is 0.603. The van der Waals surface area contributed by atoms with Crippen LogP contribution in [0.1, 0.15) is 24.8 Å². The summed E-state index contributed by atoms with van der Waals surface area (Å²) in [6.45, 7) is 0. The van der Waals surface area contributed by atoms with Gasteiger partial charge in [0, 0.05) is 47.9 Å². The van der Waals surface area contributed by atoms with Crippen LogP contribution >= 0.6 is 0 Å². The first-order chi connectivity index (χ1) is 13.6. The summed E-state index contributed by atoms with van der Waals surface area (Å²) in [5.41, 5.74) is 12.4. The van der Waals surface area contributed by atoms with Gasteiger partial charge in [-0.3, -0.25) is 4.98 Å². The Balaban J connectivity index is 1.64. The number of hydrogen-bond acceptors (Lipinski definition) is 5. The molecule has 0 saturated heterocycles. The zero-order chi connectivity index (χ0) is 19.1. The summed E-state index contributed by atoms with van der Waals surface area (Å²) in [6.07, 6.45) is 10.5. The summed E-state index contributed by atoms with van der Waals surface area (Å²) in [6, 6.07) is 14.6. The summed E-state index contributed by atoms with van der Waals surface area (Å²) in [5, 5.41) is 0. The number of fused-ring (bicyclic) bond motifs is 1. The zero-order valence-corrected chi connectivity index (χ0v) is 15.8. The van der Waals surface area contributed by atoms with E-state index < -0.39 is 0 Å². The van der Waals surface area contributed by atoms with Crippen LogP contribution in [0, 0.1) is 0 Å². The Kier molecular flexibility index (Phi) is 3.91. The molecule has 2 aromatic heterocycles. The first-order valence-corrected chi connectivity index (χ1v) is 9.55. The number of benzene rings is 1. The molecule has 2 N–H and O–H groups in total. The second kappa shape index (κ2) is 6.46. The van der Waals surface area contributed by atoms with Crippen molar-refractivity contribution in [1.29, 1.82) is 0 Å². The van der Waals surface area contributed by atoms with E-state index in [9.17, 15) is 0 Å². The molecule has 0 bridgehead atoms. The SMILES string of the molecule is CN1C=COc2nc(-c3ccc(C4(N)CCC4)cc3)c(-c3cccnc3)cc21. The number of ether oxygens (including phenoxy) is 1. The molecule has 140 valence electrons. The van der Waals surface area contributed by atoms with Crippen molar-refractivity contribution in [3.8, 4) is 28.3 Å². The number of rotatable bonds is 3. The Labute approximate surface area is 164 Å². The van der Waals surface area contributed by atoms with Crippen molar-refractivity contribution in [3.05, 3.63) is 72.9 Å². The van der Waals surface area contributed by atoms with Gasteiger partial charge in [0.2, 0.25) is 5.88 Å². The molecule has 0 spiro atoms. The molecule has 1 aliphatic heterocycles. The van der Waals surface area contributed by atoms with E-state index >= 15 is 0 Å². The van der Waals surface area contributed by atoms with Crippen LogP contribution in [0.25, 0.3) is 22.4 Å². The van der Waals surface area contributed by atoms with Gasteiger partial charge in [-0.15, -0.1) is 0 Å². The van der Waals surface area contributed by atoms with Gasteiger partial charge >= 0.3 is 0 Å². The standard InChI is InChI=1S/C23H22N4O/c1-27-12-13-28-22-20(27)14-19(17-4-2-11-25-15-17)21(26-22)16-5-7-18(8-6-16)23(24)9-3-10-23/h2,4-8,11-15H,3,9-10,24H2,1H3. The molecule has 3 aromatic rings. The Morgan fingerprint density at radius 2 is 1.93 bits per heavy atom. The fraction of sp³-hybridized carbons (Fsp3) is 0.217. The normalized spacial score (nSPS) is 16.9. The third kappa shape index (κ3) is 2.75. The van der Waals surface area contributed by atoms with E-state index in [0.717, 1.165) is 40.9 Å². The lowest BCUT2D eigenvalue weighted by atomic mass is 9.72. The second-order valence-corrected chi connectivity index (χ2v) is 7.55. The Bertz CT molecular complexity index is 1040. The minimum Gasteiger partial charge on any atom is -0.443 e. The number of hydrogen-bond donors (Lipinski definition) is 1. The van der Waals surface area contributed by atoms with Crippen LogP contribution in [0.4, 0.5) is 5.69 Å². The highest BCUT2D eigenvalue weighted by atomic mass is 16.5. The fourth-order valence-electron chi connectivity index (χ4n) is 3.86. The number of nitrogens with two attached hydrogens (primary N) is 1. The molecular formula is C23H22N4O. The molecule has 2 aliphatic rings. The summed E-state index contributed by atoms with van der Waals surface area (Å²) < 4.78 is 5.68. The summed E-state index contributed by atoms with van der Waals surface area (Å²) in [7, 11) is 1.99. The molecule has 0 unspecified atom stereocenters. The van der Waals surface area contributed by atoms with E-state index in [4.69, 9.17) is 15.5 Å². The highest BCUT2D eigenvalue weighted by Crippen LogP contribution is 2.42. The van der Waals surface area contributed by atoms with Gasteiger partial charge in [-0.25, -0.2) is 4.98 Å². The molecule has 1 saturated carbocycles. The molecule has 5 heteroatoms. The topological polar surface area (TPSA) is 64.3 Å². The van der Waals surface area contributed by atoms with Crippen molar-refractivity contribution in [3.63, 3.8) is 0 Å². The van der Waals surface area contributed by atoms with E-state index in [-0.39, 0.29) is 5.54 Å². The predicted octanol–water partition coefficient (Wildman–Crippen LogP) is 4.45. The average Bonchev–Trinajstić information content (AvgIpc) is 2.72. The molecule has 0 atom stereocenters. The van der Waals surface area contributed by atoms with E-state index in [1.165, 1.54) is 12.0 Å². The average molecular weight is 370 g/mol. The molecule has 5 rings (SSSR count). The third-order valence-corrected chi connectivity index (χ3v) is 5.76. The lowest BCUT2D eigenvalue weighted by Gasteiger charge is -2.38. The van der Waals surface area contributed by atoms with E-state index in [1.54, 1.807) is 12.5 Å². The smallest absolute Gasteiger partial charge is 0.243 e. The molecule has 0 radical (unpaired) electrons. The lowest BCUT2D eigenvalue weighted by Crippen LogP contribution is -2.43. The first kappa shape index (κ1) is 17.0. The van der Waals surface area contributed by atoms with Crippen LogP contribution in [-0.4, -0.2) is 17.0 Å². The number of anilines is 1. The lowest BCUT2D eigenvalue weighted by molar-refractivity contribution is 0.253. The van der Waals surface area contributed by atoms with Crippen LogP contribution in [0.2, 0.25) is 0 Å². The van der Waals surface area contributed by atoms with E-state index in [2.05, 4.69) is 41.4 Å². The third-order valence-electron chi connectivity index (χ3n) is 5.76. The van der Waals surface area contributed by atoms with E-state index in [0.29, 0.717) is 5.88 Å². The fourth-order valence-corrected chi connectivity index (χ4v) is 3.86. The Morgan fingerprint density at radius 3 is 2.61 bits per heavy atom. The summed E-state index contributed by atoms with van der Waals surface area (Å²) >= 11 is 0. The second-order valence-electron chi connectivity index (χ2n) is 7.55. The van der Waals surface area contributed by atoms with Crippen molar-refractivity contribution in [1.82, 2.24) is 9.97 Å². The monoisotopic (exact) mass is 370 g/mol. The number of nitrogens with zero attached hydrogens (tertiary/aromatic N) is 3. The number of pyridine rings is 2. The van der Waals surface area contributed by atoms with Gasteiger partial charge in [0.25, 0.3) is 0 Å². The van der Waals surface area contributed by atoms with Gasteiger partial charge in [-0.05, 0) is 37.0 Å². The van der Waals surface area contributed by atoms with E-state index in [1.807, 2.05) is 30.4 Å². The minimum atomic E-state index is -0.162. The van der Waals surface area contributed by atoms with Gasteiger partial charge in [-0.1, -0.05) is 30.3 Å². The van der Waals surface area contributed by atoms with Crippen LogP contribution in [0.5, 0.6) is 5.88 Å². The van der Waals surface area contributed by atoms with Crippen molar-refractivity contribution < 1.29 is 4.74 Å². The maximum Gasteiger partial charge on any atom is 0.243 e. The van der Waals surface area contributed by atoms with Crippen LogP contribution in [0.3, 0.4) is 0 Å². The van der Waals surface area contributed by atoms with Crippen molar-refractivity contribution in [2.75, 3.05) is 11.9 Å². The highest BCUT2D eigenvalue weighted by Gasteiger charge is 2.34. The van der Waals surface area contributed by atoms with Crippen LogP contribution in [0.15, 0.2) is 67.3 Å². The van der Waals surface area contributed by atoms with Gasteiger partial charge < -0.3 is 15.4 Å². The van der Waals surface area contributed by atoms with Crippen LogP contribution < -0.4 is 15.4 Å². The van der Waals surface area contributed by atoms with Gasteiger partial charge in [-0.2, -0.15) is 0 Å². The molecule has 1 aromatic carbocycles.